The van der Waals surface area contributed by atoms with Crippen LogP contribution in [0.2, 0.25) is 0 Å². The van der Waals surface area contributed by atoms with E-state index >= 15 is 0 Å². The van der Waals surface area contributed by atoms with Gasteiger partial charge in [0.05, 0.1) is 5.38 Å². The van der Waals surface area contributed by atoms with Crippen molar-refractivity contribution in [1.29, 1.82) is 0 Å². The standard InChI is InChI=1S/C17H15ClF2O/c18-16(13-5-2-6-15(10-13)21-17(19)20)14-8-7-11-3-1-4-12(11)9-14/h2,5-10,16-17H,1,3-4H2. The van der Waals surface area contributed by atoms with Gasteiger partial charge in [-0.1, -0.05) is 30.3 Å². The largest absolute Gasteiger partial charge is 0.435 e. The van der Waals surface area contributed by atoms with Gasteiger partial charge >= 0.3 is 6.61 Å². The van der Waals surface area contributed by atoms with Gasteiger partial charge in [0.2, 0.25) is 0 Å². The molecular weight excluding hydrogens is 294 g/mol. The van der Waals surface area contributed by atoms with Crippen molar-refractivity contribution in [1.82, 2.24) is 0 Å². The van der Waals surface area contributed by atoms with E-state index in [1.807, 2.05) is 12.1 Å². The monoisotopic (exact) mass is 308 g/mol. The highest BCUT2D eigenvalue weighted by Crippen LogP contribution is 2.33. The maximum atomic E-state index is 12.3. The predicted molar refractivity (Wildman–Crippen MR) is 79.2 cm³/mol. The van der Waals surface area contributed by atoms with Gasteiger partial charge in [-0.15, -0.1) is 11.6 Å². The molecule has 0 saturated carbocycles. The summed E-state index contributed by atoms with van der Waals surface area (Å²) < 4.78 is 29.0. The third kappa shape index (κ3) is 3.18. The van der Waals surface area contributed by atoms with E-state index in [9.17, 15) is 8.78 Å². The molecule has 0 saturated heterocycles. The SMILES string of the molecule is FC(F)Oc1cccc(C(Cl)c2ccc3c(c2)CCC3)c1. The van der Waals surface area contributed by atoms with E-state index < -0.39 is 6.61 Å². The third-order valence-corrected chi connectivity index (χ3v) is 4.30. The van der Waals surface area contributed by atoms with Gasteiger partial charge in [-0.3, -0.25) is 0 Å². The lowest BCUT2D eigenvalue weighted by atomic mass is 10.00. The number of ether oxygens (including phenoxy) is 1. The summed E-state index contributed by atoms with van der Waals surface area (Å²) in [6, 6.07) is 12.8. The quantitative estimate of drug-likeness (QED) is 0.714. The number of aryl methyl sites for hydroxylation is 2. The van der Waals surface area contributed by atoms with Crippen molar-refractivity contribution in [2.75, 3.05) is 0 Å². The predicted octanol–water partition coefficient (Wildman–Crippen LogP) is 5.10. The molecule has 1 aliphatic rings. The zero-order chi connectivity index (χ0) is 14.8. The molecule has 0 bridgehead atoms. The van der Waals surface area contributed by atoms with Gasteiger partial charge in [0.1, 0.15) is 5.75 Å². The lowest BCUT2D eigenvalue weighted by molar-refractivity contribution is -0.0498. The summed E-state index contributed by atoms with van der Waals surface area (Å²) in [5.74, 6) is 0.134. The third-order valence-electron chi connectivity index (χ3n) is 3.79. The fraction of sp³-hybridized carbons (Fsp3) is 0.294. The van der Waals surface area contributed by atoms with E-state index in [-0.39, 0.29) is 11.1 Å². The highest BCUT2D eigenvalue weighted by atomic mass is 35.5. The molecule has 0 aromatic heterocycles. The van der Waals surface area contributed by atoms with Crippen LogP contribution < -0.4 is 4.74 Å². The number of hydrogen-bond donors (Lipinski definition) is 0. The Kier molecular flexibility index (Phi) is 4.11. The molecule has 0 spiro atoms. The first-order valence-electron chi connectivity index (χ1n) is 6.94. The molecule has 3 rings (SSSR count). The van der Waals surface area contributed by atoms with Crippen molar-refractivity contribution in [3.63, 3.8) is 0 Å². The number of rotatable bonds is 4. The molecule has 1 nitrogen and oxygen atoms in total. The Morgan fingerprint density at radius 3 is 2.52 bits per heavy atom. The van der Waals surface area contributed by atoms with Crippen LogP contribution in [0.1, 0.15) is 34.1 Å². The topological polar surface area (TPSA) is 9.23 Å². The van der Waals surface area contributed by atoms with Crippen molar-refractivity contribution < 1.29 is 13.5 Å². The minimum absolute atomic E-state index is 0.134. The second-order valence-corrected chi connectivity index (χ2v) is 5.63. The van der Waals surface area contributed by atoms with E-state index in [4.69, 9.17) is 11.6 Å². The van der Waals surface area contributed by atoms with Crippen molar-refractivity contribution in [3.8, 4) is 5.75 Å². The summed E-state index contributed by atoms with van der Waals surface area (Å²) in [5, 5.41) is -0.364. The van der Waals surface area contributed by atoms with E-state index in [0.717, 1.165) is 24.0 Å². The molecule has 0 amide bonds. The van der Waals surface area contributed by atoms with Gasteiger partial charge in [-0.2, -0.15) is 8.78 Å². The second kappa shape index (κ2) is 6.02. The van der Waals surface area contributed by atoms with Crippen LogP contribution in [-0.4, -0.2) is 6.61 Å². The van der Waals surface area contributed by atoms with Crippen molar-refractivity contribution in [2.24, 2.45) is 0 Å². The summed E-state index contributed by atoms with van der Waals surface area (Å²) in [6.07, 6.45) is 3.39. The smallest absolute Gasteiger partial charge is 0.387 e. The molecule has 0 radical (unpaired) electrons. The highest BCUT2D eigenvalue weighted by Gasteiger charge is 2.16. The molecule has 0 aliphatic heterocycles. The molecule has 21 heavy (non-hydrogen) atoms. The number of hydrogen-bond acceptors (Lipinski definition) is 1. The minimum atomic E-state index is -2.82. The first-order chi connectivity index (χ1) is 10.1. The molecule has 0 N–H and O–H groups in total. The molecule has 2 aromatic carbocycles. The molecule has 0 heterocycles. The Bertz CT molecular complexity index is 642. The van der Waals surface area contributed by atoms with Crippen LogP contribution >= 0.6 is 11.6 Å². The van der Waals surface area contributed by atoms with Crippen LogP contribution in [0.3, 0.4) is 0 Å². The summed E-state index contributed by atoms with van der Waals surface area (Å²) in [4.78, 5) is 0. The Balaban J connectivity index is 1.86. The van der Waals surface area contributed by atoms with Crippen LogP contribution in [0.4, 0.5) is 8.78 Å². The number of fused-ring (bicyclic) bond motifs is 1. The average Bonchev–Trinajstić information content (AvgIpc) is 2.93. The van der Waals surface area contributed by atoms with Gasteiger partial charge in [0, 0.05) is 0 Å². The highest BCUT2D eigenvalue weighted by molar-refractivity contribution is 6.22. The van der Waals surface area contributed by atoms with Crippen molar-refractivity contribution >= 4 is 11.6 Å². The molecule has 1 atom stereocenters. The number of alkyl halides is 3. The number of benzene rings is 2. The average molecular weight is 309 g/mol. The van der Waals surface area contributed by atoms with Crippen LogP contribution in [0.5, 0.6) is 5.75 Å². The lowest BCUT2D eigenvalue weighted by Gasteiger charge is -2.13. The maximum absolute atomic E-state index is 12.3. The molecule has 4 heteroatoms. The Hall–Kier alpha value is -1.61. The summed E-state index contributed by atoms with van der Waals surface area (Å²) in [5.41, 5.74) is 4.48. The fourth-order valence-electron chi connectivity index (χ4n) is 2.79. The van der Waals surface area contributed by atoms with Gasteiger partial charge < -0.3 is 4.74 Å². The Morgan fingerprint density at radius 2 is 1.71 bits per heavy atom. The molecule has 110 valence electrons. The Morgan fingerprint density at radius 1 is 0.952 bits per heavy atom. The van der Waals surface area contributed by atoms with Crippen LogP contribution in [-0.2, 0) is 12.8 Å². The van der Waals surface area contributed by atoms with E-state index in [1.165, 1.54) is 23.6 Å². The minimum Gasteiger partial charge on any atom is -0.435 e. The van der Waals surface area contributed by atoms with Crippen molar-refractivity contribution in [3.05, 3.63) is 64.7 Å². The van der Waals surface area contributed by atoms with E-state index in [1.54, 1.807) is 12.1 Å². The normalized spacial score (nSPS) is 15.0. The van der Waals surface area contributed by atoms with Gasteiger partial charge in [-0.25, -0.2) is 0 Å². The van der Waals surface area contributed by atoms with Crippen molar-refractivity contribution in [2.45, 2.75) is 31.3 Å². The molecule has 2 aromatic rings. The van der Waals surface area contributed by atoms with E-state index in [2.05, 4.69) is 16.9 Å². The molecule has 1 unspecified atom stereocenters. The number of halogens is 3. The zero-order valence-electron chi connectivity index (χ0n) is 11.4. The van der Waals surface area contributed by atoms with Gasteiger partial charge in [0.25, 0.3) is 0 Å². The van der Waals surface area contributed by atoms with E-state index in [0.29, 0.717) is 0 Å². The fourth-order valence-corrected chi connectivity index (χ4v) is 3.06. The Labute approximate surface area is 127 Å². The lowest BCUT2D eigenvalue weighted by Crippen LogP contribution is -2.03. The maximum Gasteiger partial charge on any atom is 0.387 e. The second-order valence-electron chi connectivity index (χ2n) is 5.20. The van der Waals surface area contributed by atoms with Gasteiger partial charge in [0.15, 0.2) is 0 Å². The first-order valence-corrected chi connectivity index (χ1v) is 7.37. The first kappa shape index (κ1) is 14.3. The molecule has 1 aliphatic carbocycles. The summed E-state index contributed by atoms with van der Waals surface area (Å²) in [7, 11) is 0. The van der Waals surface area contributed by atoms with Crippen LogP contribution in [0, 0.1) is 0 Å². The molecular formula is C17H15ClF2O. The summed E-state index contributed by atoms with van der Waals surface area (Å²) >= 11 is 6.50. The van der Waals surface area contributed by atoms with Crippen LogP contribution in [0.15, 0.2) is 42.5 Å². The molecule has 0 fully saturated rings. The van der Waals surface area contributed by atoms with Crippen LogP contribution in [0.25, 0.3) is 0 Å². The zero-order valence-corrected chi connectivity index (χ0v) is 12.1. The summed E-state index contributed by atoms with van der Waals surface area (Å²) in [6.45, 7) is -2.82. The van der Waals surface area contributed by atoms with Gasteiger partial charge in [-0.05, 0) is 53.6 Å².